The summed E-state index contributed by atoms with van der Waals surface area (Å²) in [5.41, 5.74) is -0.0958. The van der Waals surface area contributed by atoms with Crippen LogP contribution >= 0.6 is 0 Å². The minimum Gasteiger partial charge on any atom is -0.497 e. The van der Waals surface area contributed by atoms with Gasteiger partial charge in [-0.2, -0.15) is 0 Å². The summed E-state index contributed by atoms with van der Waals surface area (Å²) in [7, 11) is 0.0196. The van der Waals surface area contributed by atoms with Crippen molar-refractivity contribution in [1.29, 1.82) is 0 Å². The molecule has 0 aliphatic heterocycles. The van der Waals surface area contributed by atoms with Gasteiger partial charge in [0.05, 0.1) is 38.0 Å². The Morgan fingerprint density at radius 3 is 2.20 bits per heavy atom. The predicted molar refractivity (Wildman–Crippen MR) is 90.0 cm³/mol. The molecule has 9 nitrogen and oxygen atoms in total. The van der Waals surface area contributed by atoms with Crippen molar-refractivity contribution in [2.24, 2.45) is 0 Å². The van der Waals surface area contributed by atoms with Crippen molar-refractivity contribution in [3.8, 4) is 17.2 Å². The second-order valence-corrected chi connectivity index (χ2v) is 6.41. The number of nitrogens with one attached hydrogen (secondary N) is 1. The van der Waals surface area contributed by atoms with Crippen LogP contribution in [0.4, 0.5) is 11.4 Å². The first-order valence-electron chi connectivity index (χ1n) is 6.89. The van der Waals surface area contributed by atoms with Gasteiger partial charge in [0.15, 0.2) is 0 Å². The Morgan fingerprint density at radius 2 is 1.64 bits per heavy atom. The monoisotopic (exact) mass is 368 g/mol. The van der Waals surface area contributed by atoms with Crippen LogP contribution in [0.3, 0.4) is 0 Å². The molecule has 0 spiro atoms. The number of ether oxygens (including phenoxy) is 3. The fraction of sp³-hybridized carbons (Fsp3) is 0.200. The lowest BCUT2D eigenvalue weighted by molar-refractivity contribution is -0.385. The molecule has 0 heterocycles. The number of nitrogens with zero attached hydrogens (tertiary/aromatic N) is 1. The summed E-state index contributed by atoms with van der Waals surface area (Å²) >= 11 is 0. The SMILES string of the molecule is COc1ccc(NS(=O)(=O)c2ccc([N+](=O)[O-])cc2OC)c(OC)c1. The number of anilines is 1. The summed E-state index contributed by atoms with van der Waals surface area (Å²) in [5.74, 6) is 0.602. The van der Waals surface area contributed by atoms with Gasteiger partial charge in [-0.3, -0.25) is 14.8 Å². The summed E-state index contributed by atoms with van der Waals surface area (Å²) in [6, 6.07) is 7.79. The third-order valence-electron chi connectivity index (χ3n) is 3.30. The normalized spacial score (nSPS) is 10.8. The number of nitro benzene ring substituents is 1. The van der Waals surface area contributed by atoms with E-state index < -0.39 is 14.9 Å². The van der Waals surface area contributed by atoms with Crippen LogP contribution in [0.5, 0.6) is 17.2 Å². The van der Waals surface area contributed by atoms with Gasteiger partial charge in [0.1, 0.15) is 22.1 Å². The smallest absolute Gasteiger partial charge is 0.273 e. The number of sulfonamides is 1. The zero-order valence-electron chi connectivity index (χ0n) is 13.7. The second-order valence-electron chi connectivity index (χ2n) is 4.76. The summed E-state index contributed by atoms with van der Waals surface area (Å²) in [6.45, 7) is 0. The largest absolute Gasteiger partial charge is 0.497 e. The molecule has 0 amide bonds. The molecular weight excluding hydrogens is 352 g/mol. The molecule has 0 saturated heterocycles. The van der Waals surface area contributed by atoms with Gasteiger partial charge in [0.25, 0.3) is 15.7 Å². The lowest BCUT2D eigenvalue weighted by Gasteiger charge is -2.14. The number of hydrogen-bond donors (Lipinski definition) is 1. The topological polar surface area (TPSA) is 117 Å². The predicted octanol–water partition coefficient (Wildman–Crippen LogP) is 2.42. The Balaban J connectivity index is 2.45. The maximum Gasteiger partial charge on any atom is 0.273 e. The summed E-state index contributed by atoms with van der Waals surface area (Å²) in [4.78, 5) is 9.94. The van der Waals surface area contributed by atoms with Crippen LogP contribution in [0.2, 0.25) is 0 Å². The minimum absolute atomic E-state index is 0.144. The standard InChI is InChI=1S/C15H16N2O7S/c1-22-11-5-6-12(13(9-11)23-2)16-25(20,21)15-7-4-10(17(18)19)8-14(15)24-3/h4-9,16H,1-3H3. The molecule has 0 aliphatic rings. The first-order valence-corrected chi connectivity index (χ1v) is 8.38. The highest BCUT2D eigenvalue weighted by molar-refractivity contribution is 7.92. The van der Waals surface area contributed by atoms with Gasteiger partial charge in [0.2, 0.25) is 0 Å². The summed E-state index contributed by atoms with van der Waals surface area (Å²) in [6.07, 6.45) is 0. The Bertz CT molecular complexity index is 897. The number of non-ortho nitro benzene ring substituents is 1. The van der Waals surface area contributed by atoms with E-state index in [0.717, 1.165) is 18.2 Å². The van der Waals surface area contributed by atoms with E-state index in [0.29, 0.717) is 5.75 Å². The molecule has 2 aromatic rings. The van der Waals surface area contributed by atoms with Gasteiger partial charge in [0, 0.05) is 12.1 Å². The van der Waals surface area contributed by atoms with E-state index in [-0.39, 0.29) is 27.8 Å². The van der Waals surface area contributed by atoms with Crippen LogP contribution in [0.1, 0.15) is 0 Å². The van der Waals surface area contributed by atoms with Gasteiger partial charge in [-0.05, 0) is 18.2 Å². The van der Waals surface area contributed by atoms with Crippen molar-refractivity contribution in [2.45, 2.75) is 4.90 Å². The van der Waals surface area contributed by atoms with E-state index in [2.05, 4.69) is 4.72 Å². The maximum absolute atomic E-state index is 12.6. The average Bonchev–Trinajstić information content (AvgIpc) is 2.61. The molecule has 25 heavy (non-hydrogen) atoms. The van der Waals surface area contributed by atoms with Crippen molar-refractivity contribution in [3.63, 3.8) is 0 Å². The number of rotatable bonds is 7. The first kappa shape index (κ1) is 18.3. The molecular formula is C15H16N2O7S. The van der Waals surface area contributed by atoms with E-state index in [1.165, 1.54) is 33.5 Å². The van der Waals surface area contributed by atoms with Crippen molar-refractivity contribution < 1.29 is 27.6 Å². The molecule has 2 rings (SSSR count). The quantitative estimate of drug-likeness (QED) is 0.589. The highest BCUT2D eigenvalue weighted by Gasteiger charge is 2.23. The molecule has 0 bridgehead atoms. The van der Waals surface area contributed by atoms with E-state index >= 15 is 0 Å². The third kappa shape index (κ3) is 3.91. The highest BCUT2D eigenvalue weighted by Crippen LogP contribution is 2.34. The molecule has 0 saturated carbocycles. The van der Waals surface area contributed by atoms with Crippen LogP contribution in [0.25, 0.3) is 0 Å². The Morgan fingerprint density at radius 1 is 0.960 bits per heavy atom. The van der Waals surface area contributed by atoms with Crippen molar-refractivity contribution in [3.05, 3.63) is 46.5 Å². The third-order valence-corrected chi connectivity index (χ3v) is 4.71. The van der Waals surface area contributed by atoms with Gasteiger partial charge in [-0.25, -0.2) is 8.42 Å². The van der Waals surface area contributed by atoms with Crippen molar-refractivity contribution >= 4 is 21.4 Å². The molecule has 0 radical (unpaired) electrons. The van der Waals surface area contributed by atoms with E-state index in [1.54, 1.807) is 6.07 Å². The Hall–Kier alpha value is -3.01. The summed E-state index contributed by atoms with van der Waals surface area (Å²) in [5, 5.41) is 10.8. The van der Waals surface area contributed by atoms with Gasteiger partial charge in [-0.1, -0.05) is 0 Å². The van der Waals surface area contributed by atoms with Crippen LogP contribution in [0, 0.1) is 10.1 Å². The lowest BCUT2D eigenvalue weighted by atomic mass is 10.3. The van der Waals surface area contributed by atoms with E-state index in [4.69, 9.17) is 14.2 Å². The number of methoxy groups -OCH3 is 3. The number of hydrogen-bond acceptors (Lipinski definition) is 7. The second kappa shape index (κ2) is 7.26. The molecule has 1 N–H and O–H groups in total. The molecule has 0 aliphatic carbocycles. The fourth-order valence-corrected chi connectivity index (χ4v) is 3.30. The van der Waals surface area contributed by atoms with Gasteiger partial charge < -0.3 is 14.2 Å². The molecule has 0 fully saturated rings. The van der Waals surface area contributed by atoms with Crippen molar-refractivity contribution in [1.82, 2.24) is 0 Å². The first-order chi connectivity index (χ1) is 11.8. The van der Waals surface area contributed by atoms with E-state index in [1.807, 2.05) is 0 Å². The van der Waals surface area contributed by atoms with Gasteiger partial charge >= 0.3 is 0 Å². The molecule has 0 unspecified atom stereocenters. The molecule has 10 heteroatoms. The lowest BCUT2D eigenvalue weighted by Crippen LogP contribution is -2.15. The zero-order valence-corrected chi connectivity index (χ0v) is 14.5. The molecule has 134 valence electrons. The van der Waals surface area contributed by atoms with Crippen LogP contribution in [0.15, 0.2) is 41.3 Å². The Kier molecular flexibility index (Phi) is 5.32. The minimum atomic E-state index is -4.07. The van der Waals surface area contributed by atoms with Crippen LogP contribution in [-0.2, 0) is 10.0 Å². The van der Waals surface area contributed by atoms with Crippen LogP contribution in [-0.4, -0.2) is 34.7 Å². The number of benzene rings is 2. The average molecular weight is 368 g/mol. The number of nitro groups is 1. The molecule has 0 atom stereocenters. The molecule has 0 aromatic heterocycles. The van der Waals surface area contributed by atoms with Crippen molar-refractivity contribution in [2.75, 3.05) is 26.1 Å². The maximum atomic E-state index is 12.6. The summed E-state index contributed by atoms with van der Waals surface area (Å²) < 4.78 is 42.8. The molecule has 2 aromatic carbocycles. The zero-order chi connectivity index (χ0) is 18.6. The van der Waals surface area contributed by atoms with E-state index in [9.17, 15) is 18.5 Å². The van der Waals surface area contributed by atoms with Crippen LogP contribution < -0.4 is 18.9 Å². The highest BCUT2D eigenvalue weighted by atomic mass is 32.2. The van der Waals surface area contributed by atoms with Gasteiger partial charge in [-0.15, -0.1) is 0 Å². The fourth-order valence-electron chi connectivity index (χ4n) is 2.07. The Labute approximate surface area is 144 Å².